The summed E-state index contributed by atoms with van der Waals surface area (Å²) in [5.74, 6) is 5.80. The third kappa shape index (κ3) is 10.2. The molecule has 0 amide bonds. The molecule has 6 nitrogen and oxygen atoms in total. The van der Waals surface area contributed by atoms with Crippen molar-refractivity contribution in [1.82, 2.24) is 0 Å². The Labute approximate surface area is 109 Å². The summed E-state index contributed by atoms with van der Waals surface area (Å²) >= 11 is 0. The monoisotopic (exact) mass is 259 g/mol. The van der Waals surface area contributed by atoms with E-state index < -0.39 is 0 Å². The first kappa shape index (κ1) is 17.0. The van der Waals surface area contributed by atoms with Gasteiger partial charge in [0.15, 0.2) is 0 Å². The van der Waals surface area contributed by atoms with Gasteiger partial charge in [0.25, 0.3) is 0 Å². The molecule has 18 heavy (non-hydrogen) atoms. The van der Waals surface area contributed by atoms with Crippen LogP contribution in [0.15, 0.2) is 10.1 Å². The molecule has 0 fully saturated rings. The molecule has 0 aromatic heterocycles. The number of aliphatic hydroxyl groups is 1. The van der Waals surface area contributed by atoms with Crippen molar-refractivity contribution in [2.24, 2.45) is 21.9 Å². The summed E-state index contributed by atoms with van der Waals surface area (Å²) < 4.78 is 10.4. The topological polar surface area (TPSA) is 89.4 Å². The van der Waals surface area contributed by atoms with E-state index in [1.54, 1.807) is 6.21 Å². The van der Waals surface area contributed by atoms with Crippen LogP contribution in [0, 0.1) is 5.92 Å². The van der Waals surface area contributed by atoms with Gasteiger partial charge in [-0.25, -0.2) is 0 Å². The molecular weight excluding hydrogens is 234 g/mol. The number of nitrogens with zero attached hydrogens (tertiary/aromatic N) is 2. The van der Waals surface area contributed by atoms with Crippen molar-refractivity contribution in [3.63, 3.8) is 0 Å². The van der Waals surface area contributed by atoms with Crippen LogP contribution in [0.25, 0.3) is 0 Å². The van der Waals surface area contributed by atoms with Crippen LogP contribution < -0.4 is 5.84 Å². The maximum absolute atomic E-state index is 8.49. The summed E-state index contributed by atoms with van der Waals surface area (Å²) in [6, 6.07) is 0. The number of rotatable bonds is 11. The summed E-state index contributed by atoms with van der Waals surface area (Å²) in [5, 5.41) is 12.1. The van der Waals surface area contributed by atoms with Crippen molar-refractivity contribution in [3.8, 4) is 0 Å². The maximum Gasteiger partial charge on any atom is 0.103 e. The molecule has 0 bridgehead atoms. The van der Waals surface area contributed by atoms with Crippen molar-refractivity contribution < 1.29 is 14.6 Å². The lowest BCUT2D eigenvalue weighted by Gasteiger charge is -2.05. The fourth-order valence-electron chi connectivity index (χ4n) is 1.04. The van der Waals surface area contributed by atoms with E-state index in [0.29, 0.717) is 38.1 Å². The molecule has 106 valence electrons. The second-order valence-electron chi connectivity index (χ2n) is 4.02. The number of hydrogen-bond acceptors (Lipinski definition) is 6. The Hall–Kier alpha value is -0.980. The molecule has 0 aliphatic rings. The van der Waals surface area contributed by atoms with E-state index in [1.807, 2.05) is 0 Å². The molecule has 3 N–H and O–H groups in total. The number of aliphatic imine (C=N–C) groups is 1. The van der Waals surface area contributed by atoms with Crippen LogP contribution in [0.2, 0.25) is 0 Å². The van der Waals surface area contributed by atoms with Gasteiger partial charge in [-0.2, -0.15) is 5.10 Å². The van der Waals surface area contributed by atoms with E-state index in [9.17, 15) is 0 Å². The Balaban J connectivity index is 3.65. The van der Waals surface area contributed by atoms with Gasteiger partial charge in [-0.3, -0.25) is 4.99 Å². The van der Waals surface area contributed by atoms with Crippen molar-refractivity contribution in [1.29, 1.82) is 0 Å². The lowest BCUT2D eigenvalue weighted by molar-refractivity contribution is 0.0439. The maximum atomic E-state index is 8.49. The minimum Gasteiger partial charge on any atom is -0.394 e. The lowest BCUT2D eigenvalue weighted by Crippen LogP contribution is -2.16. The molecule has 6 heteroatoms. The van der Waals surface area contributed by atoms with Gasteiger partial charge in [-0.05, 0) is 5.92 Å². The van der Waals surface area contributed by atoms with Crippen molar-refractivity contribution in [2.75, 3.05) is 39.6 Å². The van der Waals surface area contributed by atoms with E-state index in [0.717, 1.165) is 13.0 Å². The molecule has 0 aromatic rings. The Bertz CT molecular complexity index is 245. The predicted molar refractivity (Wildman–Crippen MR) is 73.2 cm³/mol. The zero-order valence-electron chi connectivity index (χ0n) is 11.3. The van der Waals surface area contributed by atoms with Crippen molar-refractivity contribution in [2.45, 2.75) is 20.3 Å². The Morgan fingerprint density at radius 2 is 2.06 bits per heavy atom. The molecule has 0 aliphatic heterocycles. The molecule has 0 aliphatic carbocycles. The van der Waals surface area contributed by atoms with Crippen LogP contribution in [0.4, 0.5) is 0 Å². The molecule has 0 spiro atoms. The van der Waals surface area contributed by atoms with E-state index in [4.69, 9.17) is 20.4 Å². The van der Waals surface area contributed by atoms with Crippen LogP contribution in [-0.4, -0.2) is 56.6 Å². The SMILES string of the molecule is CCC(C)CN=C/C(COCCOCCO)=N\N. The Morgan fingerprint density at radius 1 is 1.33 bits per heavy atom. The molecule has 1 unspecified atom stereocenters. The van der Waals surface area contributed by atoms with Gasteiger partial charge in [-0.1, -0.05) is 20.3 Å². The summed E-state index contributed by atoms with van der Waals surface area (Å²) in [4.78, 5) is 4.26. The molecule has 0 saturated heterocycles. The third-order valence-electron chi connectivity index (χ3n) is 2.38. The zero-order valence-corrected chi connectivity index (χ0v) is 11.3. The normalized spacial score (nSPS) is 14.3. The van der Waals surface area contributed by atoms with E-state index in [-0.39, 0.29) is 6.61 Å². The average Bonchev–Trinajstić information content (AvgIpc) is 2.40. The third-order valence-corrected chi connectivity index (χ3v) is 2.38. The minimum atomic E-state index is 0.0256. The lowest BCUT2D eigenvalue weighted by atomic mass is 10.1. The molecule has 0 saturated carbocycles. The molecular formula is C12H25N3O3. The van der Waals surface area contributed by atoms with Gasteiger partial charge >= 0.3 is 0 Å². The number of hydrogen-bond donors (Lipinski definition) is 2. The van der Waals surface area contributed by atoms with Crippen LogP contribution in [0.1, 0.15) is 20.3 Å². The molecule has 1 atom stereocenters. The first-order valence-electron chi connectivity index (χ1n) is 6.27. The summed E-state index contributed by atoms with van der Waals surface area (Å²) in [7, 11) is 0. The molecule has 0 aromatic carbocycles. The average molecular weight is 259 g/mol. The van der Waals surface area contributed by atoms with Crippen LogP contribution >= 0.6 is 0 Å². The standard InChI is InChI=1S/C12H25N3O3/c1-3-11(2)8-14-9-12(15-13)10-18-7-6-17-5-4-16/h9,11,16H,3-8,10,13H2,1-2H3/b14-9?,15-12+. The van der Waals surface area contributed by atoms with E-state index in [1.165, 1.54) is 0 Å². The fourth-order valence-corrected chi connectivity index (χ4v) is 1.04. The Morgan fingerprint density at radius 3 is 2.67 bits per heavy atom. The highest BCUT2D eigenvalue weighted by Crippen LogP contribution is 1.99. The highest BCUT2D eigenvalue weighted by molar-refractivity contribution is 6.31. The van der Waals surface area contributed by atoms with E-state index in [2.05, 4.69) is 23.9 Å². The second-order valence-corrected chi connectivity index (χ2v) is 4.02. The smallest absolute Gasteiger partial charge is 0.103 e. The first-order valence-corrected chi connectivity index (χ1v) is 6.27. The van der Waals surface area contributed by atoms with Crippen molar-refractivity contribution in [3.05, 3.63) is 0 Å². The van der Waals surface area contributed by atoms with Crippen LogP contribution in [-0.2, 0) is 9.47 Å². The summed E-state index contributed by atoms with van der Waals surface area (Å²) in [6.07, 6.45) is 2.76. The number of hydrazone groups is 1. The number of ether oxygens (including phenoxy) is 2. The van der Waals surface area contributed by atoms with Crippen molar-refractivity contribution >= 4 is 11.9 Å². The van der Waals surface area contributed by atoms with Gasteiger partial charge in [0.05, 0.1) is 33.0 Å². The zero-order chi connectivity index (χ0) is 13.6. The molecule has 0 heterocycles. The summed E-state index contributed by atoms with van der Waals surface area (Å²) in [5.41, 5.74) is 0.612. The van der Waals surface area contributed by atoms with Crippen LogP contribution in [0.3, 0.4) is 0 Å². The fraction of sp³-hybridized carbons (Fsp3) is 0.833. The molecule has 0 radical (unpaired) electrons. The van der Waals surface area contributed by atoms with Gasteiger partial charge in [0.2, 0.25) is 0 Å². The number of aliphatic hydroxyl groups excluding tert-OH is 1. The van der Waals surface area contributed by atoms with E-state index >= 15 is 0 Å². The Kier molecular flexibility index (Phi) is 11.8. The predicted octanol–water partition coefficient (Wildman–Crippen LogP) is 0.444. The number of nitrogens with two attached hydrogens (primary N) is 1. The molecule has 0 rings (SSSR count). The highest BCUT2D eigenvalue weighted by Gasteiger charge is 1.98. The second kappa shape index (κ2) is 12.5. The van der Waals surface area contributed by atoms with Gasteiger partial charge in [0.1, 0.15) is 5.71 Å². The van der Waals surface area contributed by atoms with Gasteiger partial charge in [-0.15, -0.1) is 0 Å². The quantitative estimate of drug-likeness (QED) is 0.244. The minimum absolute atomic E-state index is 0.0256. The van der Waals surface area contributed by atoms with Gasteiger partial charge < -0.3 is 20.4 Å². The van der Waals surface area contributed by atoms with Crippen LogP contribution in [0.5, 0.6) is 0 Å². The van der Waals surface area contributed by atoms with Gasteiger partial charge in [0, 0.05) is 12.8 Å². The summed E-state index contributed by atoms with van der Waals surface area (Å²) in [6.45, 7) is 6.62. The largest absolute Gasteiger partial charge is 0.394 e. The highest BCUT2D eigenvalue weighted by atomic mass is 16.5. The first-order chi connectivity index (χ1) is 8.74.